The van der Waals surface area contributed by atoms with Gasteiger partial charge in [0.25, 0.3) is 23.6 Å². The van der Waals surface area contributed by atoms with E-state index in [0.717, 1.165) is 0 Å². The summed E-state index contributed by atoms with van der Waals surface area (Å²) in [6.45, 7) is 0. The number of allylic oxidation sites excluding steroid dienone is 2. The highest BCUT2D eigenvalue weighted by Crippen LogP contribution is 2.59. The van der Waals surface area contributed by atoms with Crippen LogP contribution in [0.2, 0.25) is 0 Å². The van der Waals surface area contributed by atoms with Gasteiger partial charge in [0, 0.05) is 16.0 Å². The van der Waals surface area contributed by atoms with E-state index in [4.69, 9.17) is 4.74 Å². The van der Waals surface area contributed by atoms with Crippen LogP contribution in [0.4, 0.5) is 0 Å². The number of hydrogen-bond acceptors (Lipinski definition) is 8. The Kier molecular flexibility index (Phi) is 4.70. The number of rotatable bonds is 2. The van der Waals surface area contributed by atoms with Crippen molar-refractivity contribution in [1.29, 1.82) is 0 Å². The van der Waals surface area contributed by atoms with Crippen molar-refractivity contribution >= 4 is 39.6 Å². The molecule has 5 rings (SSSR count). The summed E-state index contributed by atoms with van der Waals surface area (Å²) in [5.74, 6) is -8.15. The molecule has 1 aromatic carbocycles. The van der Waals surface area contributed by atoms with E-state index in [1.165, 1.54) is 7.11 Å². The number of benzene rings is 1. The molecule has 3 fully saturated rings. The SMILES string of the molecule is COc1cc(Br)cc([C@H]2C3=CC[C@@H]4C(=O)N(O)C(=O)[C@@H]4[C@@H]3C[C@H]3C(=O)N(O)C(=O)[C@@H]23)c1O. The molecule has 10 nitrogen and oxygen atoms in total. The molecule has 0 spiro atoms. The number of phenols is 1. The fourth-order valence-corrected chi connectivity index (χ4v) is 6.35. The first-order valence-corrected chi connectivity index (χ1v) is 10.9. The maximum atomic E-state index is 12.9. The number of nitrogens with zero attached hydrogens (tertiary/aromatic N) is 2. The molecular formula is C21H19BrN2O8. The number of phenolic OH excluding ortho intramolecular Hbond substituents is 1. The number of carbonyl (C=O) groups excluding carboxylic acids is 4. The predicted octanol–water partition coefficient (Wildman–Crippen LogP) is 1.58. The summed E-state index contributed by atoms with van der Waals surface area (Å²) in [7, 11) is 1.38. The number of carbonyl (C=O) groups is 4. The van der Waals surface area contributed by atoms with Crippen LogP contribution >= 0.6 is 15.9 Å². The molecular weight excluding hydrogens is 488 g/mol. The van der Waals surface area contributed by atoms with E-state index in [9.17, 15) is 34.7 Å². The van der Waals surface area contributed by atoms with Gasteiger partial charge in [0.05, 0.1) is 30.8 Å². The quantitative estimate of drug-likeness (QED) is 0.311. The van der Waals surface area contributed by atoms with E-state index in [2.05, 4.69) is 15.9 Å². The monoisotopic (exact) mass is 506 g/mol. The molecule has 2 heterocycles. The Morgan fingerprint density at radius 3 is 2.22 bits per heavy atom. The Hall–Kier alpha value is -2.76. The average molecular weight is 507 g/mol. The molecule has 11 heteroatoms. The lowest BCUT2D eigenvalue weighted by atomic mass is 9.57. The fraction of sp³-hybridized carbons (Fsp3) is 0.429. The van der Waals surface area contributed by atoms with Crippen LogP contribution in [0.25, 0.3) is 0 Å². The van der Waals surface area contributed by atoms with E-state index >= 15 is 0 Å². The molecule has 0 bridgehead atoms. The third-order valence-corrected chi connectivity index (χ3v) is 7.68. The Labute approximate surface area is 190 Å². The smallest absolute Gasteiger partial charge is 0.258 e. The van der Waals surface area contributed by atoms with Crippen molar-refractivity contribution in [2.75, 3.05) is 7.11 Å². The standard InChI is InChI=1S/C21H19BrN2O8/c1-32-13-5-7(22)4-11(17(13)25)14-8-2-3-9-15(20(28)23(30)18(9)26)10(8)6-12-16(14)21(29)24(31)19(12)27/h2,4-5,9-10,12,14-16,25,30-31H,3,6H2,1H3/t9-,10+,12+,14+,15-,16+/m0/s1. The Bertz CT molecular complexity index is 1120. The normalized spacial score (nSPS) is 33.8. The number of fused-ring (bicyclic) bond motifs is 4. The van der Waals surface area contributed by atoms with Gasteiger partial charge in [-0.15, -0.1) is 0 Å². The van der Waals surface area contributed by atoms with Gasteiger partial charge in [0.15, 0.2) is 11.5 Å². The van der Waals surface area contributed by atoms with E-state index < -0.39 is 59.1 Å². The minimum Gasteiger partial charge on any atom is -0.504 e. The maximum Gasteiger partial charge on any atom is 0.258 e. The minimum absolute atomic E-state index is 0.0640. The molecule has 2 aliphatic heterocycles. The summed E-state index contributed by atoms with van der Waals surface area (Å²) in [6.07, 6.45) is 1.99. The summed E-state index contributed by atoms with van der Waals surface area (Å²) >= 11 is 3.36. The largest absolute Gasteiger partial charge is 0.504 e. The number of amides is 4. The zero-order valence-electron chi connectivity index (χ0n) is 16.8. The van der Waals surface area contributed by atoms with Crippen LogP contribution in [-0.2, 0) is 19.2 Å². The summed E-state index contributed by atoms with van der Waals surface area (Å²) in [5.41, 5.74) is 0.922. The number of ether oxygens (including phenoxy) is 1. The third-order valence-electron chi connectivity index (χ3n) is 7.23. The second-order valence-corrected chi connectivity index (χ2v) is 9.46. The van der Waals surface area contributed by atoms with Crippen molar-refractivity contribution in [3.05, 3.63) is 33.8 Å². The summed E-state index contributed by atoms with van der Waals surface area (Å²) < 4.78 is 5.80. The molecule has 32 heavy (non-hydrogen) atoms. The van der Waals surface area contributed by atoms with Gasteiger partial charge in [-0.25, -0.2) is 0 Å². The zero-order chi connectivity index (χ0) is 23.1. The summed E-state index contributed by atoms with van der Waals surface area (Å²) in [4.78, 5) is 50.7. The van der Waals surface area contributed by atoms with Gasteiger partial charge < -0.3 is 9.84 Å². The average Bonchev–Trinajstić information content (AvgIpc) is 3.13. The number of methoxy groups -OCH3 is 1. The van der Waals surface area contributed by atoms with Gasteiger partial charge in [0.2, 0.25) is 0 Å². The number of aromatic hydroxyl groups is 1. The van der Waals surface area contributed by atoms with E-state index in [1.807, 2.05) is 0 Å². The highest BCUT2D eigenvalue weighted by molar-refractivity contribution is 9.10. The van der Waals surface area contributed by atoms with Crippen molar-refractivity contribution < 1.29 is 39.4 Å². The van der Waals surface area contributed by atoms with Crippen molar-refractivity contribution in [2.24, 2.45) is 29.6 Å². The third kappa shape index (κ3) is 2.64. The van der Waals surface area contributed by atoms with Gasteiger partial charge in [-0.3, -0.25) is 29.6 Å². The van der Waals surface area contributed by atoms with Crippen LogP contribution < -0.4 is 4.74 Å². The van der Waals surface area contributed by atoms with Crippen molar-refractivity contribution in [3.8, 4) is 11.5 Å². The zero-order valence-corrected chi connectivity index (χ0v) is 18.4. The van der Waals surface area contributed by atoms with Crippen LogP contribution in [0.3, 0.4) is 0 Å². The molecule has 4 aliphatic rings. The van der Waals surface area contributed by atoms with Crippen molar-refractivity contribution in [1.82, 2.24) is 10.1 Å². The molecule has 1 saturated carbocycles. The maximum absolute atomic E-state index is 12.9. The summed E-state index contributed by atoms with van der Waals surface area (Å²) in [6, 6.07) is 3.15. The van der Waals surface area contributed by atoms with E-state index in [1.54, 1.807) is 18.2 Å². The summed E-state index contributed by atoms with van der Waals surface area (Å²) in [5, 5.41) is 31.1. The van der Waals surface area contributed by atoms with Crippen LogP contribution in [0.5, 0.6) is 11.5 Å². The van der Waals surface area contributed by atoms with Gasteiger partial charge in [0.1, 0.15) is 0 Å². The Morgan fingerprint density at radius 2 is 1.56 bits per heavy atom. The molecule has 6 atom stereocenters. The molecule has 2 saturated heterocycles. The minimum atomic E-state index is -0.992. The first kappa shape index (κ1) is 21.1. The highest BCUT2D eigenvalue weighted by atomic mass is 79.9. The lowest BCUT2D eigenvalue weighted by Crippen LogP contribution is -2.43. The molecule has 4 amide bonds. The lowest BCUT2D eigenvalue weighted by molar-refractivity contribution is -0.174. The van der Waals surface area contributed by atoms with Crippen molar-refractivity contribution in [3.63, 3.8) is 0 Å². The van der Waals surface area contributed by atoms with Gasteiger partial charge in [-0.1, -0.05) is 27.6 Å². The first-order valence-electron chi connectivity index (χ1n) is 10.1. The molecule has 0 aromatic heterocycles. The second-order valence-electron chi connectivity index (χ2n) is 8.55. The molecule has 1 aromatic rings. The number of imide groups is 2. The van der Waals surface area contributed by atoms with Gasteiger partial charge in [-0.2, -0.15) is 10.1 Å². The molecule has 168 valence electrons. The number of halogens is 1. The lowest BCUT2D eigenvalue weighted by Gasteiger charge is -2.43. The highest BCUT2D eigenvalue weighted by Gasteiger charge is 2.62. The van der Waals surface area contributed by atoms with Gasteiger partial charge in [-0.05, 0) is 30.9 Å². The van der Waals surface area contributed by atoms with Gasteiger partial charge >= 0.3 is 0 Å². The van der Waals surface area contributed by atoms with Crippen LogP contribution in [-0.4, -0.2) is 56.4 Å². The second kappa shape index (κ2) is 7.12. The topological polar surface area (TPSA) is 145 Å². The molecule has 0 unspecified atom stereocenters. The van der Waals surface area contributed by atoms with Crippen LogP contribution in [0, 0.1) is 29.6 Å². The Balaban J connectivity index is 1.71. The van der Waals surface area contributed by atoms with Crippen LogP contribution in [0.15, 0.2) is 28.3 Å². The van der Waals surface area contributed by atoms with E-state index in [0.29, 0.717) is 15.6 Å². The van der Waals surface area contributed by atoms with E-state index in [-0.39, 0.29) is 34.5 Å². The molecule has 0 radical (unpaired) electrons. The Morgan fingerprint density at radius 1 is 0.938 bits per heavy atom. The molecule has 2 aliphatic carbocycles. The molecule has 3 N–H and O–H groups in total. The fourth-order valence-electron chi connectivity index (χ4n) is 5.89. The number of hydroxylamine groups is 4. The number of hydrogen-bond donors (Lipinski definition) is 3. The van der Waals surface area contributed by atoms with Crippen LogP contribution in [0.1, 0.15) is 24.3 Å². The first-order chi connectivity index (χ1) is 15.2. The van der Waals surface area contributed by atoms with Crippen molar-refractivity contribution in [2.45, 2.75) is 18.8 Å². The predicted molar refractivity (Wildman–Crippen MR) is 107 cm³/mol.